The summed E-state index contributed by atoms with van der Waals surface area (Å²) in [6, 6.07) is 1.64. The van der Waals surface area contributed by atoms with Crippen molar-refractivity contribution in [2.75, 3.05) is 24.6 Å². The topological polar surface area (TPSA) is 104 Å². The van der Waals surface area contributed by atoms with Gasteiger partial charge in [0.15, 0.2) is 5.82 Å². The second-order valence-corrected chi connectivity index (χ2v) is 5.02. The quantitative estimate of drug-likeness (QED) is 0.647. The van der Waals surface area contributed by atoms with E-state index < -0.39 is 28.0 Å². The van der Waals surface area contributed by atoms with Crippen molar-refractivity contribution in [3.63, 3.8) is 0 Å². The van der Waals surface area contributed by atoms with Crippen molar-refractivity contribution in [3.8, 4) is 0 Å². The Balaban J connectivity index is 2.42. The van der Waals surface area contributed by atoms with Gasteiger partial charge in [0.25, 0.3) is 5.69 Å². The van der Waals surface area contributed by atoms with E-state index in [1.807, 2.05) is 0 Å². The molecule has 7 nitrogen and oxygen atoms in total. The highest BCUT2D eigenvalue weighted by Gasteiger charge is 2.27. The van der Waals surface area contributed by atoms with E-state index in [0.717, 1.165) is 18.9 Å². The molecular weight excluding hydrogens is 283 g/mol. The first-order valence-electron chi connectivity index (χ1n) is 6.51. The molecule has 1 saturated heterocycles. The monoisotopic (exact) mass is 298 g/mol. The SMILES string of the molecule is O=C(O)c1cc(N2CCCC(CO)C2)c(F)cc1[N+](=O)[O-]. The first-order valence-corrected chi connectivity index (χ1v) is 6.51. The number of aliphatic hydroxyl groups excluding tert-OH is 1. The Kier molecular flexibility index (Phi) is 4.37. The van der Waals surface area contributed by atoms with Crippen molar-refractivity contribution in [1.29, 1.82) is 0 Å². The van der Waals surface area contributed by atoms with Gasteiger partial charge >= 0.3 is 5.97 Å². The fourth-order valence-corrected chi connectivity index (χ4v) is 2.55. The van der Waals surface area contributed by atoms with Gasteiger partial charge in [-0.3, -0.25) is 10.1 Å². The van der Waals surface area contributed by atoms with E-state index >= 15 is 0 Å². The minimum absolute atomic E-state index is 0.0124. The average Bonchev–Trinajstić information content (AvgIpc) is 2.46. The van der Waals surface area contributed by atoms with Gasteiger partial charge in [0.05, 0.1) is 16.7 Å². The summed E-state index contributed by atoms with van der Waals surface area (Å²) in [6.45, 7) is 0.880. The van der Waals surface area contributed by atoms with E-state index in [-0.39, 0.29) is 18.2 Å². The van der Waals surface area contributed by atoms with E-state index in [1.54, 1.807) is 4.90 Å². The van der Waals surface area contributed by atoms with Crippen molar-refractivity contribution in [3.05, 3.63) is 33.6 Å². The van der Waals surface area contributed by atoms with Crippen molar-refractivity contribution in [2.45, 2.75) is 12.8 Å². The number of benzene rings is 1. The zero-order valence-electron chi connectivity index (χ0n) is 11.2. The maximum Gasteiger partial charge on any atom is 0.342 e. The molecule has 0 radical (unpaired) electrons. The van der Waals surface area contributed by atoms with Crippen LogP contribution in [0.15, 0.2) is 12.1 Å². The lowest BCUT2D eigenvalue weighted by molar-refractivity contribution is -0.385. The minimum atomic E-state index is -1.47. The third kappa shape index (κ3) is 3.10. The zero-order valence-corrected chi connectivity index (χ0v) is 11.2. The molecule has 114 valence electrons. The summed E-state index contributed by atoms with van der Waals surface area (Å²) in [5.41, 5.74) is -1.28. The molecule has 0 aliphatic carbocycles. The van der Waals surface area contributed by atoms with Gasteiger partial charge in [-0.25, -0.2) is 9.18 Å². The van der Waals surface area contributed by atoms with Crippen LogP contribution in [0.5, 0.6) is 0 Å². The highest BCUT2D eigenvalue weighted by molar-refractivity contribution is 5.93. The van der Waals surface area contributed by atoms with Gasteiger partial charge in [-0.2, -0.15) is 0 Å². The van der Waals surface area contributed by atoms with E-state index in [4.69, 9.17) is 5.11 Å². The second-order valence-electron chi connectivity index (χ2n) is 5.02. The highest BCUT2D eigenvalue weighted by Crippen LogP contribution is 2.31. The smallest absolute Gasteiger partial charge is 0.342 e. The maximum atomic E-state index is 14.1. The van der Waals surface area contributed by atoms with Gasteiger partial charge in [-0.15, -0.1) is 0 Å². The Morgan fingerprint density at radius 1 is 1.52 bits per heavy atom. The number of rotatable bonds is 4. The van der Waals surface area contributed by atoms with Crippen LogP contribution in [0.4, 0.5) is 15.8 Å². The predicted octanol–water partition coefficient (Wildman–Crippen LogP) is 1.64. The number of piperidine rings is 1. The highest BCUT2D eigenvalue weighted by atomic mass is 19.1. The average molecular weight is 298 g/mol. The molecule has 1 atom stereocenters. The number of hydrogen-bond acceptors (Lipinski definition) is 5. The van der Waals surface area contributed by atoms with E-state index in [1.165, 1.54) is 0 Å². The predicted molar refractivity (Wildman–Crippen MR) is 72.0 cm³/mol. The third-order valence-electron chi connectivity index (χ3n) is 3.61. The van der Waals surface area contributed by atoms with Crippen LogP contribution in [-0.2, 0) is 0 Å². The first kappa shape index (κ1) is 15.2. The molecule has 2 rings (SSSR count). The number of nitrogens with zero attached hydrogens (tertiary/aromatic N) is 2. The van der Waals surface area contributed by atoms with E-state index in [0.29, 0.717) is 19.2 Å². The molecule has 1 unspecified atom stereocenters. The van der Waals surface area contributed by atoms with Crippen LogP contribution < -0.4 is 4.90 Å². The molecule has 0 amide bonds. The lowest BCUT2D eigenvalue weighted by Crippen LogP contribution is -2.37. The number of halogens is 1. The van der Waals surface area contributed by atoms with Crippen LogP contribution in [0.25, 0.3) is 0 Å². The molecule has 1 aliphatic heterocycles. The normalized spacial score (nSPS) is 18.6. The molecule has 1 heterocycles. The van der Waals surface area contributed by atoms with Crippen molar-refractivity contribution in [2.24, 2.45) is 5.92 Å². The Labute approximate surface area is 119 Å². The maximum absolute atomic E-state index is 14.1. The van der Waals surface area contributed by atoms with Crippen LogP contribution in [0.3, 0.4) is 0 Å². The number of carbonyl (C=O) groups is 1. The number of carboxylic acid groups (broad SMARTS) is 1. The molecule has 0 bridgehead atoms. The van der Waals surface area contributed by atoms with Gasteiger partial charge in [-0.05, 0) is 24.8 Å². The van der Waals surface area contributed by atoms with Gasteiger partial charge in [0.1, 0.15) is 5.56 Å². The molecule has 0 saturated carbocycles. The summed E-state index contributed by atoms with van der Waals surface area (Å²) in [4.78, 5) is 22.6. The Bertz CT molecular complexity index is 578. The standard InChI is InChI=1S/C13H15FN2O5/c14-10-5-11(16(20)21)9(13(18)19)4-12(10)15-3-1-2-8(6-15)7-17/h4-5,8,17H,1-3,6-7H2,(H,18,19). The Morgan fingerprint density at radius 2 is 2.24 bits per heavy atom. The second kappa shape index (κ2) is 6.04. The molecule has 1 aromatic rings. The number of nitro benzene ring substituents is 1. The lowest BCUT2D eigenvalue weighted by atomic mass is 9.98. The summed E-state index contributed by atoms with van der Waals surface area (Å²) < 4.78 is 14.1. The van der Waals surface area contributed by atoms with Gasteiger partial charge in [0, 0.05) is 19.7 Å². The lowest BCUT2D eigenvalue weighted by Gasteiger charge is -2.33. The van der Waals surface area contributed by atoms with Crippen molar-refractivity contribution in [1.82, 2.24) is 0 Å². The molecule has 2 N–H and O–H groups in total. The summed E-state index contributed by atoms with van der Waals surface area (Å²) >= 11 is 0. The Hall–Kier alpha value is -2.22. The number of anilines is 1. The number of hydrogen-bond donors (Lipinski definition) is 2. The van der Waals surface area contributed by atoms with Gasteiger partial charge in [-0.1, -0.05) is 0 Å². The molecule has 1 aliphatic rings. The first-order chi connectivity index (χ1) is 9.93. The van der Waals surface area contributed by atoms with Crippen LogP contribution in [0.1, 0.15) is 23.2 Å². The van der Waals surface area contributed by atoms with E-state index in [2.05, 4.69) is 0 Å². The summed E-state index contributed by atoms with van der Waals surface area (Å²) in [7, 11) is 0. The summed E-state index contributed by atoms with van der Waals surface area (Å²) in [6.07, 6.45) is 1.55. The fourth-order valence-electron chi connectivity index (χ4n) is 2.55. The molecule has 1 aromatic carbocycles. The van der Waals surface area contributed by atoms with E-state index in [9.17, 15) is 24.4 Å². The molecule has 0 aromatic heterocycles. The van der Waals surface area contributed by atoms with Crippen LogP contribution in [0, 0.1) is 21.8 Å². The van der Waals surface area contributed by atoms with Crippen LogP contribution in [-0.4, -0.2) is 40.8 Å². The van der Waals surface area contributed by atoms with Crippen LogP contribution in [0.2, 0.25) is 0 Å². The fraction of sp³-hybridized carbons (Fsp3) is 0.462. The summed E-state index contributed by atoms with van der Waals surface area (Å²) in [5, 5.41) is 29.0. The molecule has 0 spiro atoms. The number of nitro groups is 1. The zero-order chi connectivity index (χ0) is 15.6. The van der Waals surface area contributed by atoms with Crippen molar-refractivity contribution >= 4 is 17.3 Å². The summed E-state index contributed by atoms with van der Waals surface area (Å²) in [5.74, 6) is -2.31. The minimum Gasteiger partial charge on any atom is -0.477 e. The van der Waals surface area contributed by atoms with Gasteiger partial charge < -0.3 is 15.1 Å². The number of aliphatic hydroxyl groups is 1. The Morgan fingerprint density at radius 3 is 2.81 bits per heavy atom. The van der Waals surface area contributed by atoms with Crippen molar-refractivity contribution < 1.29 is 24.3 Å². The van der Waals surface area contributed by atoms with Gasteiger partial charge in [0.2, 0.25) is 0 Å². The molecular formula is C13H15FN2O5. The third-order valence-corrected chi connectivity index (χ3v) is 3.61. The molecule has 8 heteroatoms. The molecule has 1 fully saturated rings. The molecule has 21 heavy (non-hydrogen) atoms. The number of aromatic carboxylic acids is 1. The van der Waals surface area contributed by atoms with Crippen LogP contribution >= 0.6 is 0 Å². The number of carboxylic acids is 1. The largest absolute Gasteiger partial charge is 0.477 e.